The lowest BCUT2D eigenvalue weighted by Gasteiger charge is -2.26. The molecule has 5 nitrogen and oxygen atoms in total. The highest BCUT2D eigenvalue weighted by Crippen LogP contribution is 2.33. The maximum atomic E-state index is 11.4. The molecule has 1 aliphatic rings. The van der Waals surface area contributed by atoms with Gasteiger partial charge in [0, 0.05) is 35.9 Å². The van der Waals surface area contributed by atoms with E-state index in [1.165, 1.54) is 6.92 Å². The number of benzene rings is 1. The fraction of sp³-hybridized carbons (Fsp3) is 0.375. The second kappa shape index (κ2) is 7.33. The largest absolute Gasteiger partial charge is 0.378 e. The number of carbonyl (C=O) groups excluding carboxylic acids is 1. The number of amides is 1. The third-order valence-corrected chi connectivity index (χ3v) is 5.28. The van der Waals surface area contributed by atoms with Crippen LogP contribution in [-0.2, 0) is 9.53 Å². The van der Waals surface area contributed by atoms with Gasteiger partial charge < -0.3 is 15.0 Å². The van der Waals surface area contributed by atoms with Gasteiger partial charge in [-0.25, -0.2) is 4.98 Å². The molecular formula is C16H19N3O2S2. The number of carbonyl (C=O) groups is 1. The van der Waals surface area contributed by atoms with E-state index >= 15 is 0 Å². The van der Waals surface area contributed by atoms with E-state index in [9.17, 15) is 4.79 Å². The molecule has 1 aliphatic heterocycles. The van der Waals surface area contributed by atoms with Crippen LogP contribution < -0.4 is 10.2 Å². The molecule has 0 atom stereocenters. The van der Waals surface area contributed by atoms with E-state index in [-0.39, 0.29) is 5.91 Å². The van der Waals surface area contributed by atoms with Crippen LogP contribution in [0.4, 0.5) is 10.8 Å². The fourth-order valence-electron chi connectivity index (χ4n) is 2.45. The molecule has 2 heterocycles. The van der Waals surface area contributed by atoms with Crippen LogP contribution in [0, 0.1) is 0 Å². The third-order valence-electron chi connectivity index (χ3n) is 3.58. The monoisotopic (exact) mass is 349 g/mol. The Bertz CT molecular complexity index is 696. The van der Waals surface area contributed by atoms with Crippen molar-refractivity contribution in [3.63, 3.8) is 0 Å². The van der Waals surface area contributed by atoms with Gasteiger partial charge in [0.25, 0.3) is 0 Å². The first-order valence-corrected chi connectivity index (χ1v) is 9.52. The average Bonchev–Trinajstić information content (AvgIpc) is 3.05. The van der Waals surface area contributed by atoms with Gasteiger partial charge in [-0.1, -0.05) is 6.07 Å². The number of nitrogens with one attached hydrogen (secondary N) is 1. The number of rotatable bonds is 4. The van der Waals surface area contributed by atoms with Gasteiger partial charge >= 0.3 is 0 Å². The number of ether oxygens (including phenoxy) is 1. The Morgan fingerprint density at radius 2 is 2.17 bits per heavy atom. The van der Waals surface area contributed by atoms with Crippen LogP contribution in [0.2, 0.25) is 0 Å². The summed E-state index contributed by atoms with van der Waals surface area (Å²) < 4.78 is 5.38. The molecule has 23 heavy (non-hydrogen) atoms. The Labute approximate surface area is 144 Å². The molecule has 1 saturated heterocycles. The lowest BCUT2D eigenvalue weighted by Crippen LogP contribution is -2.36. The molecule has 2 aromatic rings. The topological polar surface area (TPSA) is 54.5 Å². The summed E-state index contributed by atoms with van der Waals surface area (Å²) >= 11 is 3.26. The van der Waals surface area contributed by atoms with Crippen LogP contribution >= 0.6 is 23.1 Å². The van der Waals surface area contributed by atoms with Gasteiger partial charge in [0.05, 0.1) is 24.6 Å². The van der Waals surface area contributed by atoms with Gasteiger partial charge in [-0.2, -0.15) is 0 Å². The van der Waals surface area contributed by atoms with Crippen LogP contribution in [0.1, 0.15) is 6.92 Å². The first-order chi connectivity index (χ1) is 11.2. The van der Waals surface area contributed by atoms with Crippen molar-refractivity contribution in [3.05, 3.63) is 23.6 Å². The molecule has 1 aromatic heterocycles. The van der Waals surface area contributed by atoms with Crippen molar-refractivity contribution >= 4 is 39.8 Å². The van der Waals surface area contributed by atoms with Gasteiger partial charge in [-0.15, -0.1) is 23.1 Å². The molecule has 1 aromatic carbocycles. The van der Waals surface area contributed by atoms with Crippen LogP contribution in [0.5, 0.6) is 0 Å². The molecule has 3 rings (SSSR count). The smallest absolute Gasteiger partial charge is 0.221 e. The first-order valence-electron chi connectivity index (χ1n) is 7.41. The summed E-state index contributed by atoms with van der Waals surface area (Å²) in [6.45, 7) is 4.80. The molecule has 1 N–H and O–H groups in total. The molecule has 0 unspecified atom stereocenters. The van der Waals surface area contributed by atoms with E-state index < -0.39 is 0 Å². The molecule has 0 bridgehead atoms. The van der Waals surface area contributed by atoms with Crippen LogP contribution in [0.15, 0.2) is 28.5 Å². The number of hydrogen-bond acceptors (Lipinski definition) is 6. The predicted octanol–water partition coefficient (Wildman–Crippen LogP) is 3.33. The van der Waals surface area contributed by atoms with Crippen molar-refractivity contribution in [1.82, 2.24) is 4.98 Å². The summed E-state index contributed by atoms with van der Waals surface area (Å²) in [5.74, 6) is -0.0651. The Balaban J connectivity index is 1.86. The molecule has 0 spiro atoms. The van der Waals surface area contributed by atoms with E-state index in [4.69, 9.17) is 9.72 Å². The van der Waals surface area contributed by atoms with Crippen molar-refractivity contribution < 1.29 is 9.53 Å². The summed E-state index contributed by atoms with van der Waals surface area (Å²) in [5, 5.41) is 5.99. The first kappa shape index (κ1) is 16.3. The highest BCUT2D eigenvalue weighted by atomic mass is 32.2. The van der Waals surface area contributed by atoms with Gasteiger partial charge in [0.2, 0.25) is 5.91 Å². The van der Waals surface area contributed by atoms with Crippen molar-refractivity contribution in [2.45, 2.75) is 11.8 Å². The van der Waals surface area contributed by atoms with Crippen molar-refractivity contribution in [1.29, 1.82) is 0 Å². The Hall–Kier alpha value is -1.57. The van der Waals surface area contributed by atoms with Crippen molar-refractivity contribution in [2.24, 2.45) is 0 Å². The van der Waals surface area contributed by atoms with E-state index in [0.29, 0.717) is 0 Å². The lowest BCUT2D eigenvalue weighted by molar-refractivity contribution is -0.114. The Kier molecular flexibility index (Phi) is 5.20. The third kappa shape index (κ3) is 3.85. The SMILES string of the molecule is CSc1ccc(-c2csc(N3CCOCC3)n2)cc1NC(C)=O. The minimum Gasteiger partial charge on any atom is -0.378 e. The minimum absolute atomic E-state index is 0.0651. The van der Waals surface area contributed by atoms with Gasteiger partial charge in [0.1, 0.15) is 0 Å². The van der Waals surface area contributed by atoms with Crippen molar-refractivity contribution in [3.8, 4) is 11.3 Å². The second-order valence-electron chi connectivity index (χ2n) is 5.21. The standard InChI is InChI=1S/C16H19N3O2S2/c1-11(20)17-13-9-12(3-4-15(13)22-2)14-10-23-16(18-14)19-5-7-21-8-6-19/h3-4,9-10H,5-8H2,1-2H3,(H,17,20). The summed E-state index contributed by atoms with van der Waals surface area (Å²) in [6.07, 6.45) is 2.00. The molecule has 0 radical (unpaired) electrons. The normalized spacial score (nSPS) is 14.8. The molecular weight excluding hydrogens is 330 g/mol. The quantitative estimate of drug-likeness (QED) is 0.858. The average molecular weight is 349 g/mol. The lowest BCUT2D eigenvalue weighted by atomic mass is 10.1. The van der Waals surface area contributed by atoms with E-state index in [0.717, 1.165) is 53.3 Å². The number of thioether (sulfide) groups is 1. The number of aromatic nitrogens is 1. The molecule has 7 heteroatoms. The maximum absolute atomic E-state index is 11.4. The minimum atomic E-state index is -0.0651. The Morgan fingerprint density at radius 3 is 2.87 bits per heavy atom. The fourth-order valence-corrected chi connectivity index (χ4v) is 3.87. The number of thiazole rings is 1. The second-order valence-corrected chi connectivity index (χ2v) is 6.90. The zero-order valence-corrected chi connectivity index (χ0v) is 14.8. The van der Waals surface area contributed by atoms with E-state index in [1.54, 1.807) is 23.1 Å². The van der Waals surface area contributed by atoms with Crippen LogP contribution in [0.3, 0.4) is 0 Å². The Morgan fingerprint density at radius 1 is 1.39 bits per heavy atom. The summed E-state index contributed by atoms with van der Waals surface area (Å²) in [6, 6.07) is 6.07. The molecule has 0 aliphatic carbocycles. The van der Waals surface area contributed by atoms with Gasteiger partial charge in [0.15, 0.2) is 5.13 Å². The zero-order valence-electron chi connectivity index (χ0n) is 13.2. The van der Waals surface area contributed by atoms with Gasteiger partial charge in [-0.05, 0) is 18.4 Å². The van der Waals surface area contributed by atoms with E-state index in [1.807, 2.05) is 18.4 Å². The number of nitrogens with zero attached hydrogens (tertiary/aromatic N) is 2. The highest BCUT2D eigenvalue weighted by molar-refractivity contribution is 7.98. The van der Waals surface area contributed by atoms with Crippen LogP contribution in [-0.4, -0.2) is 43.5 Å². The molecule has 1 fully saturated rings. The van der Waals surface area contributed by atoms with Gasteiger partial charge in [-0.3, -0.25) is 4.79 Å². The maximum Gasteiger partial charge on any atom is 0.221 e. The summed E-state index contributed by atoms with van der Waals surface area (Å²) in [5.41, 5.74) is 2.79. The van der Waals surface area contributed by atoms with Crippen molar-refractivity contribution in [2.75, 3.05) is 42.8 Å². The summed E-state index contributed by atoms with van der Waals surface area (Å²) in [7, 11) is 0. The van der Waals surface area contributed by atoms with Crippen LogP contribution in [0.25, 0.3) is 11.3 Å². The zero-order chi connectivity index (χ0) is 16.2. The predicted molar refractivity (Wildman–Crippen MR) is 96.7 cm³/mol. The number of hydrogen-bond donors (Lipinski definition) is 1. The molecule has 0 saturated carbocycles. The molecule has 1 amide bonds. The van der Waals surface area contributed by atoms with E-state index in [2.05, 4.69) is 21.7 Å². The summed E-state index contributed by atoms with van der Waals surface area (Å²) in [4.78, 5) is 19.4. The molecule has 122 valence electrons. The number of morpholine rings is 1. The highest BCUT2D eigenvalue weighted by Gasteiger charge is 2.16. The number of anilines is 2.